The minimum Gasteiger partial charge on any atom is -0.369 e. The molecule has 204 valence electrons. The second kappa shape index (κ2) is 11.9. The van der Waals surface area contributed by atoms with E-state index in [0.29, 0.717) is 12.1 Å². The van der Waals surface area contributed by atoms with E-state index in [1.165, 1.54) is 11.4 Å². The molecule has 0 aliphatic carbocycles. The minimum atomic E-state index is 0.270. The Kier molecular flexibility index (Phi) is 7.92. The van der Waals surface area contributed by atoms with E-state index in [1.807, 2.05) is 24.8 Å². The molecule has 6 rings (SSSR count). The summed E-state index contributed by atoms with van der Waals surface area (Å²) in [5.74, 6) is 0. The molecule has 9 heteroatoms. The Morgan fingerprint density at radius 1 is 0.526 bits per heavy atom. The van der Waals surface area contributed by atoms with Crippen LogP contribution in [-0.2, 0) is 0 Å². The molecular weight excluding hydrogens is 476 g/mol. The summed E-state index contributed by atoms with van der Waals surface area (Å²) in [4.78, 5) is 36.1. The van der Waals surface area contributed by atoms with Crippen LogP contribution in [0.2, 0.25) is 0 Å². The van der Waals surface area contributed by atoms with Crippen LogP contribution < -0.4 is 9.80 Å². The summed E-state index contributed by atoms with van der Waals surface area (Å²) >= 11 is 0. The number of hydrogen-bond donors (Lipinski definition) is 0. The van der Waals surface area contributed by atoms with Crippen LogP contribution in [0.5, 0.6) is 0 Å². The van der Waals surface area contributed by atoms with E-state index >= 15 is 0 Å². The zero-order chi connectivity index (χ0) is 25.7. The van der Waals surface area contributed by atoms with Gasteiger partial charge in [-0.2, -0.15) is 0 Å². The molecule has 4 aliphatic rings. The van der Waals surface area contributed by atoms with E-state index in [-0.39, 0.29) is 6.03 Å². The third-order valence-electron chi connectivity index (χ3n) is 9.19. The lowest BCUT2D eigenvalue weighted by Crippen LogP contribution is -2.57. The molecule has 9 nitrogen and oxygen atoms in total. The van der Waals surface area contributed by atoms with Gasteiger partial charge in [-0.15, -0.1) is 0 Å². The number of carbonyl (C=O) groups is 1. The summed E-state index contributed by atoms with van der Waals surface area (Å²) < 4.78 is 0. The highest BCUT2D eigenvalue weighted by atomic mass is 16.2. The van der Waals surface area contributed by atoms with Crippen molar-refractivity contribution in [3.05, 3.63) is 49.1 Å². The first-order valence-electron chi connectivity index (χ1n) is 14.6. The Labute approximate surface area is 227 Å². The molecule has 2 aromatic rings. The lowest BCUT2D eigenvalue weighted by atomic mass is 10.0. The lowest BCUT2D eigenvalue weighted by molar-refractivity contribution is 0.0775. The molecular formula is C29H42N8O. The van der Waals surface area contributed by atoms with Gasteiger partial charge in [0.05, 0.1) is 0 Å². The van der Waals surface area contributed by atoms with Crippen LogP contribution in [0, 0.1) is 0 Å². The fraction of sp³-hybridized carbons (Fsp3) is 0.621. The molecule has 0 aromatic carbocycles. The number of likely N-dealkylation sites (tertiary alicyclic amines) is 2. The van der Waals surface area contributed by atoms with Gasteiger partial charge < -0.3 is 19.6 Å². The standard InChI is InChI=1S/C29H42N8O/c38-29(36-13-5-27(6-14-36)34-21-17-32(18-22-34)25-1-9-30-10-2-25)37-15-7-28(8-16-37)35-23-19-33(20-24-35)26-3-11-31-12-4-26/h1-4,9-12,27-28H,5-8,13-24H2. The Morgan fingerprint density at radius 2 is 0.868 bits per heavy atom. The number of piperazine rings is 2. The number of amides is 2. The second-order valence-electron chi connectivity index (χ2n) is 11.2. The predicted octanol–water partition coefficient (Wildman–Crippen LogP) is 2.47. The number of aromatic nitrogens is 2. The van der Waals surface area contributed by atoms with Gasteiger partial charge >= 0.3 is 6.03 Å². The van der Waals surface area contributed by atoms with Crippen LogP contribution in [0.1, 0.15) is 25.7 Å². The van der Waals surface area contributed by atoms with Crippen LogP contribution in [0.15, 0.2) is 49.1 Å². The van der Waals surface area contributed by atoms with Crippen molar-refractivity contribution in [2.75, 3.05) is 88.3 Å². The molecule has 0 unspecified atom stereocenters. The smallest absolute Gasteiger partial charge is 0.320 e. The molecule has 0 N–H and O–H groups in total. The Bertz CT molecular complexity index is 926. The molecule has 0 bridgehead atoms. The maximum absolute atomic E-state index is 13.3. The zero-order valence-corrected chi connectivity index (χ0v) is 22.6. The molecule has 4 fully saturated rings. The highest BCUT2D eigenvalue weighted by molar-refractivity contribution is 5.74. The topological polar surface area (TPSA) is 62.3 Å². The average Bonchev–Trinajstić information content (AvgIpc) is 3.02. The van der Waals surface area contributed by atoms with E-state index in [0.717, 1.165) is 104 Å². The third-order valence-corrected chi connectivity index (χ3v) is 9.19. The number of urea groups is 1. The van der Waals surface area contributed by atoms with E-state index in [4.69, 9.17) is 0 Å². The van der Waals surface area contributed by atoms with Crippen LogP contribution >= 0.6 is 0 Å². The molecule has 38 heavy (non-hydrogen) atoms. The van der Waals surface area contributed by atoms with Crippen molar-refractivity contribution in [1.82, 2.24) is 29.6 Å². The van der Waals surface area contributed by atoms with Crippen molar-refractivity contribution in [3.8, 4) is 0 Å². The highest BCUT2D eigenvalue weighted by Gasteiger charge is 2.34. The molecule has 0 spiro atoms. The number of carbonyl (C=O) groups excluding carboxylic acids is 1. The van der Waals surface area contributed by atoms with Crippen molar-refractivity contribution in [3.63, 3.8) is 0 Å². The average molecular weight is 519 g/mol. The van der Waals surface area contributed by atoms with E-state index < -0.39 is 0 Å². The first-order valence-corrected chi connectivity index (χ1v) is 14.6. The van der Waals surface area contributed by atoms with Crippen molar-refractivity contribution in [2.45, 2.75) is 37.8 Å². The van der Waals surface area contributed by atoms with E-state index in [1.54, 1.807) is 0 Å². The summed E-state index contributed by atoms with van der Waals surface area (Å²) in [5, 5.41) is 0. The summed E-state index contributed by atoms with van der Waals surface area (Å²) in [5.41, 5.74) is 2.55. The molecule has 6 heterocycles. The Hall–Kier alpha value is -2.91. The minimum absolute atomic E-state index is 0.270. The maximum atomic E-state index is 13.3. The molecule has 0 radical (unpaired) electrons. The second-order valence-corrected chi connectivity index (χ2v) is 11.2. The van der Waals surface area contributed by atoms with Gasteiger partial charge in [0, 0.05) is 127 Å². The number of pyridine rings is 2. The summed E-state index contributed by atoms with van der Waals surface area (Å²) in [6, 6.07) is 9.90. The molecule has 0 saturated carbocycles. The van der Waals surface area contributed by atoms with Crippen molar-refractivity contribution in [2.24, 2.45) is 0 Å². The largest absolute Gasteiger partial charge is 0.369 e. The zero-order valence-electron chi connectivity index (χ0n) is 22.6. The summed E-state index contributed by atoms with van der Waals surface area (Å²) in [6.07, 6.45) is 11.9. The van der Waals surface area contributed by atoms with Gasteiger partial charge in [0.25, 0.3) is 0 Å². The van der Waals surface area contributed by atoms with Crippen LogP contribution in [0.3, 0.4) is 0 Å². The highest BCUT2D eigenvalue weighted by Crippen LogP contribution is 2.24. The Morgan fingerprint density at radius 3 is 1.21 bits per heavy atom. The molecule has 2 amide bonds. The lowest BCUT2D eigenvalue weighted by Gasteiger charge is -2.45. The Balaban J connectivity index is 0.906. The summed E-state index contributed by atoms with van der Waals surface area (Å²) in [6.45, 7) is 12.3. The van der Waals surface area contributed by atoms with Gasteiger partial charge in [0.1, 0.15) is 0 Å². The monoisotopic (exact) mass is 518 g/mol. The fourth-order valence-corrected chi connectivity index (χ4v) is 6.84. The number of piperidine rings is 2. The number of hydrogen-bond acceptors (Lipinski definition) is 7. The van der Waals surface area contributed by atoms with Gasteiger partial charge in [0.2, 0.25) is 0 Å². The van der Waals surface area contributed by atoms with Gasteiger partial charge in [-0.1, -0.05) is 0 Å². The number of anilines is 2. The van der Waals surface area contributed by atoms with Crippen molar-refractivity contribution in [1.29, 1.82) is 0 Å². The summed E-state index contributed by atoms with van der Waals surface area (Å²) in [7, 11) is 0. The van der Waals surface area contributed by atoms with Crippen molar-refractivity contribution >= 4 is 17.4 Å². The molecule has 4 saturated heterocycles. The fourth-order valence-electron chi connectivity index (χ4n) is 6.84. The normalized spacial score (nSPS) is 23.2. The predicted molar refractivity (Wildman–Crippen MR) is 151 cm³/mol. The van der Waals surface area contributed by atoms with E-state index in [9.17, 15) is 4.79 Å². The van der Waals surface area contributed by atoms with Gasteiger partial charge in [-0.05, 0) is 49.9 Å². The third kappa shape index (κ3) is 5.73. The maximum Gasteiger partial charge on any atom is 0.320 e. The number of rotatable bonds is 4. The van der Waals surface area contributed by atoms with Crippen LogP contribution in [0.4, 0.5) is 16.2 Å². The van der Waals surface area contributed by atoms with Gasteiger partial charge in [0.15, 0.2) is 0 Å². The number of nitrogens with zero attached hydrogens (tertiary/aromatic N) is 8. The first-order chi connectivity index (χ1) is 18.7. The van der Waals surface area contributed by atoms with Gasteiger partial charge in [-0.25, -0.2) is 4.79 Å². The SMILES string of the molecule is O=C(N1CCC(N2CCN(c3ccncc3)CC2)CC1)N1CCC(N2CCN(c3ccncc3)CC2)CC1. The quantitative estimate of drug-likeness (QED) is 0.616. The molecule has 4 aliphatic heterocycles. The van der Waals surface area contributed by atoms with Crippen LogP contribution in [0.25, 0.3) is 0 Å². The van der Waals surface area contributed by atoms with Crippen LogP contribution in [-0.4, -0.2) is 126 Å². The first kappa shape index (κ1) is 25.4. The molecule has 2 aromatic heterocycles. The van der Waals surface area contributed by atoms with E-state index in [2.05, 4.69) is 63.6 Å². The molecule has 0 atom stereocenters. The van der Waals surface area contributed by atoms with Gasteiger partial charge in [-0.3, -0.25) is 19.8 Å². The van der Waals surface area contributed by atoms with Crippen molar-refractivity contribution < 1.29 is 4.79 Å².